The minimum absolute atomic E-state index is 0. The molecule has 0 bridgehead atoms. The van der Waals surface area contributed by atoms with Gasteiger partial charge in [-0.3, -0.25) is 4.79 Å². The fourth-order valence-corrected chi connectivity index (χ4v) is 2.38. The van der Waals surface area contributed by atoms with E-state index in [0.717, 1.165) is 45.7 Å². The number of halogens is 1. The van der Waals surface area contributed by atoms with Gasteiger partial charge < -0.3 is 20.1 Å². The zero-order valence-electron chi connectivity index (χ0n) is 14.0. The minimum atomic E-state index is 0. The Morgan fingerprint density at radius 1 is 1.39 bits per heavy atom. The van der Waals surface area contributed by atoms with Gasteiger partial charge in [-0.15, -0.1) is 12.4 Å². The van der Waals surface area contributed by atoms with Crippen molar-refractivity contribution in [3.05, 3.63) is 11.7 Å². The highest BCUT2D eigenvalue weighted by molar-refractivity contribution is 5.85. The molecule has 1 fully saturated rings. The second-order valence-corrected chi connectivity index (χ2v) is 6.00. The van der Waals surface area contributed by atoms with Crippen LogP contribution in [-0.2, 0) is 11.2 Å². The molecule has 2 N–H and O–H groups in total. The highest BCUT2D eigenvalue weighted by Crippen LogP contribution is 2.10. The van der Waals surface area contributed by atoms with Crippen molar-refractivity contribution >= 4 is 18.3 Å². The monoisotopic (exact) mass is 345 g/mol. The van der Waals surface area contributed by atoms with Crippen molar-refractivity contribution in [3.63, 3.8) is 0 Å². The van der Waals surface area contributed by atoms with Gasteiger partial charge in [0.2, 0.25) is 11.8 Å². The number of rotatable bonds is 8. The van der Waals surface area contributed by atoms with Gasteiger partial charge in [0.05, 0.1) is 0 Å². The normalized spacial score (nSPS) is 15.4. The van der Waals surface area contributed by atoms with Gasteiger partial charge in [-0.2, -0.15) is 4.98 Å². The number of piperazine rings is 1. The smallest absolute Gasteiger partial charge is 0.227 e. The van der Waals surface area contributed by atoms with Gasteiger partial charge in [-0.05, 0) is 13.0 Å². The quantitative estimate of drug-likeness (QED) is 0.683. The molecule has 7 nitrogen and oxygen atoms in total. The molecule has 1 aromatic heterocycles. The number of nitrogens with zero attached hydrogens (tertiary/aromatic N) is 3. The summed E-state index contributed by atoms with van der Waals surface area (Å²) >= 11 is 0. The van der Waals surface area contributed by atoms with Crippen LogP contribution in [0.5, 0.6) is 0 Å². The summed E-state index contributed by atoms with van der Waals surface area (Å²) < 4.78 is 5.13. The molecule has 2 heterocycles. The minimum Gasteiger partial charge on any atom is -0.356 e. The lowest BCUT2D eigenvalue weighted by Gasteiger charge is -2.27. The molecule has 1 aliphatic rings. The summed E-state index contributed by atoms with van der Waals surface area (Å²) in [5, 5.41) is 10.2. The van der Waals surface area contributed by atoms with E-state index in [2.05, 4.69) is 25.7 Å². The third-order valence-electron chi connectivity index (χ3n) is 3.75. The Bertz CT molecular complexity index is 460. The summed E-state index contributed by atoms with van der Waals surface area (Å²) in [6.07, 6.45) is 1.89. The van der Waals surface area contributed by atoms with Gasteiger partial charge >= 0.3 is 0 Å². The van der Waals surface area contributed by atoms with Gasteiger partial charge in [0.25, 0.3) is 0 Å². The molecule has 0 radical (unpaired) electrons. The average Bonchev–Trinajstić information content (AvgIpc) is 3.00. The van der Waals surface area contributed by atoms with Gasteiger partial charge in [0, 0.05) is 51.5 Å². The summed E-state index contributed by atoms with van der Waals surface area (Å²) in [6.45, 7) is 10.1. The molecule has 1 amide bonds. The van der Waals surface area contributed by atoms with E-state index >= 15 is 0 Å². The van der Waals surface area contributed by atoms with E-state index in [1.54, 1.807) is 0 Å². The summed E-state index contributed by atoms with van der Waals surface area (Å²) in [7, 11) is 0. The van der Waals surface area contributed by atoms with E-state index < -0.39 is 0 Å². The molecule has 0 saturated carbocycles. The van der Waals surface area contributed by atoms with Crippen LogP contribution < -0.4 is 10.6 Å². The first-order valence-electron chi connectivity index (χ1n) is 8.17. The molecular formula is C15H28ClN5O2. The van der Waals surface area contributed by atoms with Crippen LogP contribution >= 0.6 is 12.4 Å². The zero-order valence-corrected chi connectivity index (χ0v) is 14.8. The molecule has 0 aromatic carbocycles. The first kappa shape index (κ1) is 19.9. The lowest BCUT2D eigenvalue weighted by atomic mass is 10.2. The van der Waals surface area contributed by atoms with Gasteiger partial charge in [0.1, 0.15) is 0 Å². The predicted molar refractivity (Wildman–Crippen MR) is 90.9 cm³/mol. The number of carbonyl (C=O) groups is 1. The summed E-state index contributed by atoms with van der Waals surface area (Å²) in [6, 6.07) is 0. The van der Waals surface area contributed by atoms with Crippen molar-refractivity contribution in [1.82, 2.24) is 25.7 Å². The van der Waals surface area contributed by atoms with Crippen molar-refractivity contribution in [3.8, 4) is 0 Å². The highest BCUT2D eigenvalue weighted by atomic mass is 35.5. The fraction of sp³-hybridized carbons (Fsp3) is 0.800. The standard InChI is InChI=1S/C15H27N5O2.ClH/c1-12(2)15-18-14(22-19-15)5-4-13(21)17-6-3-9-20-10-7-16-8-11-20;/h12,16H,3-11H2,1-2H3,(H,17,21);1H. The Balaban J connectivity index is 0.00000264. The van der Waals surface area contributed by atoms with Crippen molar-refractivity contribution in [2.75, 3.05) is 39.3 Å². The Morgan fingerprint density at radius 2 is 2.13 bits per heavy atom. The summed E-state index contributed by atoms with van der Waals surface area (Å²) in [4.78, 5) is 18.5. The lowest BCUT2D eigenvalue weighted by Crippen LogP contribution is -2.44. The van der Waals surface area contributed by atoms with Crippen LogP contribution in [0.4, 0.5) is 0 Å². The maximum Gasteiger partial charge on any atom is 0.227 e. The molecule has 0 aliphatic carbocycles. The summed E-state index contributed by atoms with van der Waals surface area (Å²) in [5.41, 5.74) is 0. The maximum absolute atomic E-state index is 11.8. The lowest BCUT2D eigenvalue weighted by molar-refractivity contribution is -0.121. The van der Waals surface area contributed by atoms with E-state index in [4.69, 9.17) is 4.52 Å². The second kappa shape index (κ2) is 10.6. The average molecular weight is 346 g/mol. The van der Waals surface area contributed by atoms with E-state index in [-0.39, 0.29) is 24.2 Å². The molecule has 0 unspecified atom stereocenters. The molecule has 2 rings (SSSR count). The SMILES string of the molecule is CC(C)c1noc(CCC(=O)NCCCN2CCNCC2)n1.Cl. The third kappa shape index (κ3) is 7.28. The fourth-order valence-electron chi connectivity index (χ4n) is 2.38. The largest absolute Gasteiger partial charge is 0.356 e. The first-order valence-corrected chi connectivity index (χ1v) is 8.17. The predicted octanol–water partition coefficient (Wildman–Crippen LogP) is 0.959. The van der Waals surface area contributed by atoms with E-state index in [1.807, 2.05) is 13.8 Å². The Labute approximate surface area is 144 Å². The molecule has 0 atom stereocenters. The van der Waals surface area contributed by atoms with E-state index in [9.17, 15) is 4.79 Å². The molecule has 1 aliphatic heterocycles. The van der Waals surface area contributed by atoms with Crippen molar-refractivity contribution in [2.24, 2.45) is 0 Å². The number of nitrogens with one attached hydrogen (secondary N) is 2. The zero-order chi connectivity index (χ0) is 15.8. The van der Waals surface area contributed by atoms with Crippen molar-refractivity contribution in [2.45, 2.75) is 39.0 Å². The molecular weight excluding hydrogens is 318 g/mol. The number of aromatic nitrogens is 2. The Morgan fingerprint density at radius 3 is 2.78 bits per heavy atom. The number of amides is 1. The highest BCUT2D eigenvalue weighted by Gasteiger charge is 2.12. The second-order valence-electron chi connectivity index (χ2n) is 6.00. The van der Waals surface area contributed by atoms with Crippen LogP contribution in [0.2, 0.25) is 0 Å². The van der Waals surface area contributed by atoms with E-state index in [1.165, 1.54) is 0 Å². The van der Waals surface area contributed by atoms with Gasteiger partial charge in [-0.25, -0.2) is 0 Å². The molecule has 23 heavy (non-hydrogen) atoms. The van der Waals surface area contributed by atoms with Crippen LogP contribution in [0.25, 0.3) is 0 Å². The van der Waals surface area contributed by atoms with Crippen LogP contribution in [0.15, 0.2) is 4.52 Å². The third-order valence-corrected chi connectivity index (χ3v) is 3.75. The molecule has 1 aromatic rings. The van der Waals surface area contributed by atoms with Crippen molar-refractivity contribution in [1.29, 1.82) is 0 Å². The Kier molecular flexibility index (Phi) is 9.13. The molecule has 132 valence electrons. The maximum atomic E-state index is 11.8. The summed E-state index contributed by atoms with van der Waals surface area (Å²) in [5.74, 6) is 1.53. The molecule has 0 spiro atoms. The number of carbonyl (C=O) groups excluding carboxylic acids is 1. The molecule has 8 heteroatoms. The topological polar surface area (TPSA) is 83.3 Å². The van der Waals surface area contributed by atoms with Crippen LogP contribution in [-0.4, -0.2) is 60.2 Å². The van der Waals surface area contributed by atoms with Crippen LogP contribution in [0.1, 0.15) is 44.3 Å². The van der Waals surface area contributed by atoms with Crippen molar-refractivity contribution < 1.29 is 9.32 Å². The number of aryl methyl sites for hydroxylation is 1. The van der Waals surface area contributed by atoms with Gasteiger partial charge in [-0.1, -0.05) is 19.0 Å². The first-order chi connectivity index (χ1) is 10.6. The number of hydrogen-bond donors (Lipinski definition) is 2. The van der Waals surface area contributed by atoms with Crippen LogP contribution in [0.3, 0.4) is 0 Å². The van der Waals surface area contributed by atoms with Crippen LogP contribution in [0, 0.1) is 0 Å². The molecule has 1 saturated heterocycles. The van der Waals surface area contributed by atoms with Gasteiger partial charge in [0.15, 0.2) is 5.82 Å². The Hall–Kier alpha value is -1.18. The number of hydrogen-bond acceptors (Lipinski definition) is 6. The van der Waals surface area contributed by atoms with E-state index in [0.29, 0.717) is 24.6 Å².